The van der Waals surface area contributed by atoms with Gasteiger partial charge in [0, 0.05) is 0 Å². The summed E-state index contributed by atoms with van der Waals surface area (Å²) in [6.07, 6.45) is 8.61. The van der Waals surface area contributed by atoms with Gasteiger partial charge in [-0.3, -0.25) is 0 Å². The lowest BCUT2D eigenvalue weighted by atomic mass is 9.89. The van der Waals surface area contributed by atoms with Gasteiger partial charge in [0.25, 0.3) is 0 Å². The Kier molecular flexibility index (Phi) is 4.94. The van der Waals surface area contributed by atoms with Gasteiger partial charge in [-0.25, -0.2) is 0 Å². The topological polar surface area (TPSA) is 12.0 Å². The molecule has 1 heteroatoms. The Balaban J connectivity index is 1.97. The zero-order valence-electron chi connectivity index (χ0n) is 10.2. The summed E-state index contributed by atoms with van der Waals surface area (Å²) in [5.41, 5.74) is 0.486. The molecule has 0 aliphatic heterocycles. The molecule has 1 saturated carbocycles. The van der Waals surface area contributed by atoms with Crippen molar-refractivity contribution in [1.29, 1.82) is 0 Å². The lowest BCUT2D eigenvalue weighted by Gasteiger charge is -2.23. The summed E-state index contributed by atoms with van der Waals surface area (Å²) < 4.78 is 0. The highest BCUT2D eigenvalue weighted by Crippen LogP contribution is 2.23. The molecule has 1 aliphatic carbocycles. The average molecular weight is 197 g/mol. The van der Waals surface area contributed by atoms with Crippen LogP contribution in [0.4, 0.5) is 0 Å². The van der Waals surface area contributed by atoms with Crippen molar-refractivity contribution < 1.29 is 0 Å². The molecule has 0 heterocycles. The van der Waals surface area contributed by atoms with Crippen molar-refractivity contribution in [2.24, 2.45) is 11.3 Å². The van der Waals surface area contributed by atoms with Gasteiger partial charge >= 0.3 is 0 Å². The highest BCUT2D eigenvalue weighted by molar-refractivity contribution is 4.69. The predicted molar refractivity (Wildman–Crippen MR) is 63.5 cm³/mol. The summed E-state index contributed by atoms with van der Waals surface area (Å²) in [6.45, 7) is 9.40. The van der Waals surface area contributed by atoms with Crippen LogP contribution in [0.3, 0.4) is 0 Å². The Morgan fingerprint density at radius 1 is 1.07 bits per heavy atom. The quantitative estimate of drug-likeness (QED) is 0.679. The maximum Gasteiger partial charge on any atom is -0.00205 e. The van der Waals surface area contributed by atoms with Crippen LogP contribution in [0.1, 0.15) is 59.3 Å². The zero-order chi connectivity index (χ0) is 10.4. The molecule has 1 nitrogen and oxygen atoms in total. The van der Waals surface area contributed by atoms with Crippen LogP contribution in [-0.2, 0) is 0 Å². The number of hydrogen-bond acceptors (Lipinski definition) is 1. The minimum Gasteiger partial charge on any atom is -0.316 e. The van der Waals surface area contributed by atoms with Crippen LogP contribution in [-0.4, -0.2) is 13.1 Å². The molecule has 0 amide bonds. The fourth-order valence-electron chi connectivity index (χ4n) is 2.16. The van der Waals surface area contributed by atoms with Crippen LogP contribution in [0.2, 0.25) is 0 Å². The highest BCUT2D eigenvalue weighted by atomic mass is 14.9. The molecule has 84 valence electrons. The van der Waals surface area contributed by atoms with Crippen molar-refractivity contribution in [1.82, 2.24) is 5.32 Å². The Morgan fingerprint density at radius 2 is 1.71 bits per heavy atom. The minimum absolute atomic E-state index is 0.486. The van der Waals surface area contributed by atoms with E-state index >= 15 is 0 Å². The summed E-state index contributed by atoms with van der Waals surface area (Å²) in [4.78, 5) is 0. The molecule has 0 saturated heterocycles. The minimum atomic E-state index is 0.486. The molecule has 0 radical (unpaired) electrons. The van der Waals surface area contributed by atoms with Crippen molar-refractivity contribution in [2.45, 2.75) is 59.3 Å². The summed E-state index contributed by atoms with van der Waals surface area (Å²) in [7, 11) is 0. The molecule has 14 heavy (non-hydrogen) atoms. The van der Waals surface area contributed by atoms with E-state index in [9.17, 15) is 0 Å². The van der Waals surface area contributed by atoms with Gasteiger partial charge < -0.3 is 5.32 Å². The number of rotatable bonds is 4. The van der Waals surface area contributed by atoms with E-state index in [-0.39, 0.29) is 0 Å². The van der Waals surface area contributed by atoms with Crippen molar-refractivity contribution in [2.75, 3.05) is 13.1 Å². The molecule has 0 aromatic carbocycles. The summed E-state index contributed by atoms with van der Waals surface area (Å²) in [6, 6.07) is 0. The summed E-state index contributed by atoms with van der Waals surface area (Å²) >= 11 is 0. The van der Waals surface area contributed by atoms with Crippen molar-refractivity contribution in [3.8, 4) is 0 Å². The van der Waals surface area contributed by atoms with E-state index in [4.69, 9.17) is 0 Å². The monoisotopic (exact) mass is 197 g/mol. The molecule has 1 N–H and O–H groups in total. The second kappa shape index (κ2) is 5.75. The first-order valence-electron chi connectivity index (χ1n) is 6.29. The van der Waals surface area contributed by atoms with E-state index in [0.717, 1.165) is 5.92 Å². The normalized spacial score (nSPS) is 19.9. The number of hydrogen-bond donors (Lipinski definition) is 1. The van der Waals surface area contributed by atoms with Gasteiger partial charge in [-0.05, 0) is 43.7 Å². The van der Waals surface area contributed by atoms with E-state index < -0.39 is 0 Å². The average Bonchev–Trinajstić information content (AvgIpc) is 2.13. The van der Waals surface area contributed by atoms with Gasteiger partial charge in [0.15, 0.2) is 0 Å². The van der Waals surface area contributed by atoms with E-state index in [2.05, 4.69) is 26.1 Å². The van der Waals surface area contributed by atoms with Gasteiger partial charge in [0.1, 0.15) is 0 Å². The molecule has 0 spiro atoms. The van der Waals surface area contributed by atoms with Crippen LogP contribution in [0.25, 0.3) is 0 Å². The number of nitrogens with one attached hydrogen (secondary N) is 1. The molecule has 1 fully saturated rings. The largest absolute Gasteiger partial charge is 0.316 e. The van der Waals surface area contributed by atoms with E-state index in [1.54, 1.807) is 0 Å². The Morgan fingerprint density at radius 3 is 2.29 bits per heavy atom. The Hall–Kier alpha value is -0.0400. The molecule has 0 unspecified atom stereocenters. The third-order valence-corrected chi connectivity index (χ3v) is 3.21. The van der Waals surface area contributed by atoms with E-state index in [0.29, 0.717) is 5.41 Å². The molecule has 0 atom stereocenters. The van der Waals surface area contributed by atoms with Crippen LogP contribution in [0.15, 0.2) is 0 Å². The zero-order valence-corrected chi connectivity index (χ0v) is 10.2. The van der Waals surface area contributed by atoms with Crippen molar-refractivity contribution in [3.63, 3.8) is 0 Å². The predicted octanol–water partition coefficient (Wildman–Crippen LogP) is 3.59. The standard InChI is InChI=1S/C13H27N/c1-13(2,3)9-10-14-11-12-7-5-4-6-8-12/h12,14H,4-11H2,1-3H3. The molecular formula is C13H27N. The fraction of sp³-hybridized carbons (Fsp3) is 1.00. The molecule has 0 aromatic heterocycles. The third-order valence-electron chi connectivity index (χ3n) is 3.21. The molecule has 0 aromatic rings. The highest BCUT2D eigenvalue weighted by Gasteiger charge is 2.13. The lowest BCUT2D eigenvalue weighted by Crippen LogP contribution is -2.27. The second-order valence-corrected chi connectivity index (χ2v) is 6.02. The van der Waals surface area contributed by atoms with Crippen LogP contribution >= 0.6 is 0 Å². The fourth-order valence-corrected chi connectivity index (χ4v) is 2.16. The Bertz CT molecular complexity index is 140. The van der Waals surface area contributed by atoms with Gasteiger partial charge in [-0.1, -0.05) is 40.0 Å². The van der Waals surface area contributed by atoms with Gasteiger partial charge in [0.2, 0.25) is 0 Å². The van der Waals surface area contributed by atoms with E-state index in [1.807, 2.05) is 0 Å². The Labute approximate surface area is 89.7 Å². The third kappa shape index (κ3) is 5.64. The smallest absolute Gasteiger partial charge is 0.00205 e. The SMILES string of the molecule is CC(C)(C)CCNCC1CCCCC1. The molecule has 1 aliphatic rings. The maximum absolute atomic E-state index is 3.61. The van der Waals surface area contributed by atoms with Crippen LogP contribution < -0.4 is 5.32 Å². The van der Waals surface area contributed by atoms with Gasteiger partial charge in [-0.15, -0.1) is 0 Å². The van der Waals surface area contributed by atoms with Crippen LogP contribution in [0.5, 0.6) is 0 Å². The summed E-state index contributed by atoms with van der Waals surface area (Å²) in [5.74, 6) is 0.976. The molecule has 1 rings (SSSR count). The maximum atomic E-state index is 3.61. The second-order valence-electron chi connectivity index (χ2n) is 6.02. The first kappa shape index (κ1) is 12.0. The van der Waals surface area contributed by atoms with Crippen molar-refractivity contribution in [3.05, 3.63) is 0 Å². The van der Waals surface area contributed by atoms with Crippen molar-refractivity contribution >= 4 is 0 Å². The first-order chi connectivity index (χ1) is 6.58. The molecular weight excluding hydrogens is 170 g/mol. The first-order valence-corrected chi connectivity index (χ1v) is 6.29. The lowest BCUT2D eigenvalue weighted by molar-refractivity contribution is 0.321. The molecule has 0 bridgehead atoms. The van der Waals surface area contributed by atoms with Crippen LogP contribution in [0, 0.1) is 11.3 Å². The summed E-state index contributed by atoms with van der Waals surface area (Å²) in [5, 5.41) is 3.61. The van der Waals surface area contributed by atoms with Gasteiger partial charge in [-0.2, -0.15) is 0 Å². The van der Waals surface area contributed by atoms with E-state index in [1.165, 1.54) is 51.6 Å². The van der Waals surface area contributed by atoms with Gasteiger partial charge in [0.05, 0.1) is 0 Å².